The molecule has 1 fully saturated rings. The van der Waals surface area contributed by atoms with Gasteiger partial charge >= 0.3 is 0 Å². The Morgan fingerprint density at radius 2 is 1.93 bits per heavy atom. The molecule has 0 bridgehead atoms. The fourth-order valence-corrected chi connectivity index (χ4v) is 1.51. The van der Waals surface area contributed by atoms with Gasteiger partial charge in [0.1, 0.15) is 0 Å². The maximum absolute atomic E-state index is 9.79. The summed E-state index contributed by atoms with van der Waals surface area (Å²) in [6, 6.07) is 8.78. The van der Waals surface area contributed by atoms with E-state index in [4.69, 9.17) is 11.0 Å². The first-order chi connectivity index (χ1) is 6.65. The van der Waals surface area contributed by atoms with Crippen LogP contribution in [0.2, 0.25) is 0 Å². The van der Waals surface area contributed by atoms with Crippen LogP contribution in [-0.2, 0) is 0 Å². The van der Waals surface area contributed by atoms with E-state index in [9.17, 15) is 5.11 Å². The minimum absolute atomic E-state index is 0.324. The van der Waals surface area contributed by atoms with Crippen LogP contribution in [0.3, 0.4) is 0 Å². The minimum atomic E-state index is -0.700. The second kappa shape index (κ2) is 3.09. The van der Waals surface area contributed by atoms with Crippen LogP contribution in [0.15, 0.2) is 24.3 Å². The van der Waals surface area contributed by atoms with Gasteiger partial charge in [0.25, 0.3) is 0 Å². The van der Waals surface area contributed by atoms with Gasteiger partial charge in [-0.25, -0.2) is 0 Å². The van der Waals surface area contributed by atoms with Gasteiger partial charge in [0.05, 0.1) is 23.3 Å². The Hall–Kier alpha value is -1.37. The molecule has 1 aliphatic carbocycles. The lowest BCUT2D eigenvalue weighted by Gasteiger charge is -2.17. The van der Waals surface area contributed by atoms with Crippen molar-refractivity contribution in [2.24, 2.45) is 5.73 Å². The Kier molecular flexibility index (Phi) is 2.03. The first-order valence-electron chi connectivity index (χ1n) is 4.64. The monoisotopic (exact) mass is 188 g/mol. The summed E-state index contributed by atoms with van der Waals surface area (Å²) in [6.45, 7) is 0. The molecule has 1 saturated carbocycles. The van der Waals surface area contributed by atoms with Crippen molar-refractivity contribution >= 4 is 0 Å². The maximum Gasteiger partial charge on any atom is 0.0991 e. The predicted octanol–water partition coefficient (Wildman–Crippen LogP) is 1.08. The zero-order valence-electron chi connectivity index (χ0n) is 7.77. The lowest BCUT2D eigenvalue weighted by molar-refractivity contribution is 0.120. The van der Waals surface area contributed by atoms with Crippen molar-refractivity contribution in [2.45, 2.75) is 24.5 Å². The highest BCUT2D eigenvalue weighted by Crippen LogP contribution is 2.44. The fourth-order valence-electron chi connectivity index (χ4n) is 1.51. The zero-order valence-corrected chi connectivity index (χ0v) is 7.77. The second-order valence-electron chi connectivity index (χ2n) is 3.82. The van der Waals surface area contributed by atoms with Crippen LogP contribution in [0.5, 0.6) is 0 Å². The summed E-state index contributed by atoms with van der Waals surface area (Å²) in [5.74, 6) is 0. The van der Waals surface area contributed by atoms with E-state index < -0.39 is 5.60 Å². The van der Waals surface area contributed by atoms with Crippen LogP contribution in [0.4, 0.5) is 0 Å². The van der Waals surface area contributed by atoms with Crippen LogP contribution in [-0.4, -0.2) is 10.7 Å². The van der Waals surface area contributed by atoms with Crippen LogP contribution in [0.25, 0.3) is 0 Å². The third-order valence-electron chi connectivity index (χ3n) is 2.74. The SMILES string of the molecule is N#Cc1ccc(C(N)C2(O)CC2)cc1. The number of aliphatic hydroxyl groups is 1. The molecular formula is C11H12N2O. The molecule has 0 spiro atoms. The normalized spacial score (nSPS) is 19.8. The van der Waals surface area contributed by atoms with Crippen molar-refractivity contribution in [1.29, 1.82) is 5.26 Å². The highest BCUT2D eigenvalue weighted by molar-refractivity contribution is 5.34. The summed E-state index contributed by atoms with van der Waals surface area (Å²) >= 11 is 0. The molecule has 1 aromatic carbocycles. The number of nitriles is 1. The summed E-state index contributed by atoms with van der Waals surface area (Å²) in [5, 5.41) is 18.4. The van der Waals surface area contributed by atoms with Crippen molar-refractivity contribution in [3.05, 3.63) is 35.4 Å². The average Bonchev–Trinajstić information content (AvgIpc) is 2.97. The minimum Gasteiger partial charge on any atom is -0.388 e. The number of rotatable bonds is 2. The van der Waals surface area contributed by atoms with Crippen LogP contribution in [0, 0.1) is 11.3 Å². The Balaban J connectivity index is 2.21. The number of hydrogen-bond acceptors (Lipinski definition) is 3. The topological polar surface area (TPSA) is 70.0 Å². The van der Waals surface area contributed by atoms with E-state index in [1.165, 1.54) is 0 Å². The van der Waals surface area contributed by atoms with E-state index in [0.29, 0.717) is 5.56 Å². The second-order valence-corrected chi connectivity index (χ2v) is 3.82. The third kappa shape index (κ3) is 1.50. The van der Waals surface area contributed by atoms with Crippen LogP contribution < -0.4 is 5.73 Å². The van der Waals surface area contributed by atoms with E-state index in [1.54, 1.807) is 24.3 Å². The van der Waals surface area contributed by atoms with Gasteiger partial charge in [-0.2, -0.15) is 5.26 Å². The quantitative estimate of drug-likeness (QED) is 0.729. The van der Waals surface area contributed by atoms with Gasteiger partial charge in [-0.1, -0.05) is 12.1 Å². The predicted molar refractivity (Wildman–Crippen MR) is 52.3 cm³/mol. The summed E-state index contributed by atoms with van der Waals surface area (Å²) < 4.78 is 0. The molecule has 0 amide bonds. The molecule has 3 heteroatoms. The first kappa shape index (κ1) is 9.20. The molecule has 0 saturated heterocycles. The van der Waals surface area contributed by atoms with Gasteiger partial charge in [0, 0.05) is 0 Å². The molecule has 1 aromatic rings. The standard InChI is InChI=1S/C11H12N2O/c12-7-8-1-3-9(4-2-8)10(13)11(14)5-6-11/h1-4,10,14H,5-6,13H2. The molecule has 1 atom stereocenters. The maximum atomic E-state index is 9.79. The number of hydrogen-bond donors (Lipinski definition) is 2. The average molecular weight is 188 g/mol. The Morgan fingerprint density at radius 1 is 1.36 bits per heavy atom. The largest absolute Gasteiger partial charge is 0.388 e. The lowest BCUT2D eigenvalue weighted by atomic mass is 10.00. The lowest BCUT2D eigenvalue weighted by Crippen LogP contribution is -2.27. The molecule has 0 heterocycles. The van der Waals surface area contributed by atoms with Crippen LogP contribution >= 0.6 is 0 Å². The van der Waals surface area contributed by atoms with Gasteiger partial charge in [-0.3, -0.25) is 0 Å². The van der Waals surface area contributed by atoms with Gasteiger partial charge in [0.2, 0.25) is 0 Å². The summed E-state index contributed by atoms with van der Waals surface area (Å²) in [6.07, 6.45) is 1.54. The van der Waals surface area contributed by atoms with E-state index in [1.807, 2.05) is 6.07 Å². The van der Waals surface area contributed by atoms with Crippen molar-refractivity contribution in [3.63, 3.8) is 0 Å². The van der Waals surface area contributed by atoms with Crippen molar-refractivity contribution in [3.8, 4) is 6.07 Å². The smallest absolute Gasteiger partial charge is 0.0991 e. The van der Waals surface area contributed by atoms with E-state index in [0.717, 1.165) is 18.4 Å². The van der Waals surface area contributed by atoms with Crippen molar-refractivity contribution in [2.75, 3.05) is 0 Å². The molecule has 14 heavy (non-hydrogen) atoms. The summed E-state index contributed by atoms with van der Waals surface area (Å²) in [4.78, 5) is 0. The highest BCUT2D eigenvalue weighted by Gasteiger charge is 2.46. The Labute approximate surface area is 82.8 Å². The van der Waals surface area contributed by atoms with E-state index >= 15 is 0 Å². The van der Waals surface area contributed by atoms with Gasteiger partial charge in [-0.15, -0.1) is 0 Å². The third-order valence-corrected chi connectivity index (χ3v) is 2.74. The number of benzene rings is 1. The molecule has 1 unspecified atom stereocenters. The Bertz CT molecular complexity index is 373. The van der Waals surface area contributed by atoms with Crippen LogP contribution in [0.1, 0.15) is 30.0 Å². The van der Waals surface area contributed by atoms with E-state index in [-0.39, 0.29) is 6.04 Å². The molecular weight excluding hydrogens is 176 g/mol. The molecule has 3 nitrogen and oxygen atoms in total. The molecule has 3 N–H and O–H groups in total. The molecule has 72 valence electrons. The molecule has 0 radical (unpaired) electrons. The van der Waals surface area contributed by atoms with Gasteiger partial charge in [-0.05, 0) is 30.5 Å². The highest BCUT2D eigenvalue weighted by atomic mass is 16.3. The van der Waals surface area contributed by atoms with Crippen molar-refractivity contribution in [1.82, 2.24) is 0 Å². The molecule has 2 rings (SSSR count). The van der Waals surface area contributed by atoms with Gasteiger partial charge in [0.15, 0.2) is 0 Å². The summed E-state index contributed by atoms with van der Waals surface area (Å²) in [7, 11) is 0. The molecule has 0 aliphatic heterocycles. The number of nitrogens with zero attached hydrogens (tertiary/aromatic N) is 1. The zero-order chi connectivity index (χ0) is 10.2. The fraction of sp³-hybridized carbons (Fsp3) is 0.364. The summed E-state index contributed by atoms with van der Waals surface area (Å²) in [5.41, 5.74) is 6.70. The van der Waals surface area contributed by atoms with Gasteiger partial charge < -0.3 is 10.8 Å². The molecule has 0 aromatic heterocycles. The molecule has 1 aliphatic rings. The Morgan fingerprint density at radius 3 is 2.36 bits per heavy atom. The van der Waals surface area contributed by atoms with E-state index in [2.05, 4.69) is 0 Å². The number of nitrogens with two attached hydrogens (primary N) is 1. The van der Waals surface area contributed by atoms with Crippen molar-refractivity contribution < 1.29 is 5.11 Å². The first-order valence-corrected chi connectivity index (χ1v) is 4.64.